The molecule has 0 aromatic heterocycles. The molecule has 1 aromatic rings. The van der Waals surface area contributed by atoms with E-state index in [1.54, 1.807) is 5.82 Å². The lowest BCUT2D eigenvalue weighted by atomic mass is 10.1. The fraction of sp³-hybridized carbons (Fsp3) is 0.444. The van der Waals surface area contributed by atoms with Gasteiger partial charge in [0.05, 0.1) is 6.61 Å². The van der Waals surface area contributed by atoms with Gasteiger partial charge in [0.2, 0.25) is 0 Å². The first-order valence-corrected chi connectivity index (χ1v) is 9.66. The summed E-state index contributed by atoms with van der Waals surface area (Å²) in [5, 5.41) is 0. The van der Waals surface area contributed by atoms with Crippen molar-refractivity contribution >= 4 is 7.60 Å². The highest BCUT2D eigenvalue weighted by atomic mass is 31.2. The molecule has 0 saturated heterocycles. The van der Waals surface area contributed by atoms with Gasteiger partial charge in [0.25, 0.3) is 0 Å². The molecule has 1 heterocycles. The smallest absolute Gasteiger partial charge is 0.403 e. The maximum absolute atomic E-state index is 12.7. The second-order valence-corrected chi connectivity index (χ2v) is 7.23. The van der Waals surface area contributed by atoms with E-state index < -0.39 is 7.60 Å². The summed E-state index contributed by atoms with van der Waals surface area (Å²) in [6.07, 6.45) is 6.77. The number of hydrogen-bond donors (Lipinski definition) is 0. The Morgan fingerprint density at radius 2 is 1.86 bits per heavy atom. The second kappa shape index (κ2) is 8.36. The normalized spacial score (nSPS) is 21.0. The molecule has 1 aliphatic heterocycles. The monoisotopic (exact) mass is 320 g/mol. The summed E-state index contributed by atoms with van der Waals surface area (Å²) < 4.78 is 23.7. The maximum atomic E-state index is 12.7. The van der Waals surface area contributed by atoms with Crippen molar-refractivity contribution in [3.05, 3.63) is 59.1 Å². The van der Waals surface area contributed by atoms with Gasteiger partial charge in [-0.25, -0.2) is 4.57 Å². The maximum Gasteiger partial charge on any atom is 0.403 e. The van der Waals surface area contributed by atoms with Crippen molar-refractivity contribution in [3.63, 3.8) is 0 Å². The van der Waals surface area contributed by atoms with Gasteiger partial charge in [-0.1, -0.05) is 43.7 Å². The van der Waals surface area contributed by atoms with Crippen molar-refractivity contribution in [1.29, 1.82) is 0 Å². The van der Waals surface area contributed by atoms with Gasteiger partial charge in [0, 0.05) is 12.2 Å². The summed E-state index contributed by atoms with van der Waals surface area (Å²) in [6.45, 7) is 4.38. The van der Waals surface area contributed by atoms with Crippen LogP contribution >= 0.6 is 7.60 Å². The Kier molecular flexibility index (Phi) is 6.48. The highest BCUT2D eigenvalue weighted by molar-refractivity contribution is 7.57. The third-order valence-corrected chi connectivity index (χ3v) is 5.30. The Hall–Kier alpha value is -1.31. The van der Waals surface area contributed by atoms with Crippen LogP contribution in [0.3, 0.4) is 0 Å². The number of benzene rings is 1. The minimum atomic E-state index is -3.12. The van der Waals surface area contributed by atoms with Gasteiger partial charge >= 0.3 is 7.60 Å². The van der Waals surface area contributed by atoms with Gasteiger partial charge in [-0.05, 0) is 43.4 Å². The van der Waals surface area contributed by atoms with E-state index in [0.29, 0.717) is 6.61 Å². The first-order valence-electron chi connectivity index (χ1n) is 8.05. The van der Waals surface area contributed by atoms with Crippen LogP contribution in [0.1, 0.15) is 45.1 Å². The van der Waals surface area contributed by atoms with E-state index in [0.717, 1.165) is 43.4 Å². The van der Waals surface area contributed by atoms with Crippen LogP contribution < -0.4 is 0 Å². The van der Waals surface area contributed by atoms with Crippen LogP contribution in [0, 0.1) is 0 Å². The van der Waals surface area contributed by atoms with Crippen LogP contribution in [0.25, 0.3) is 0 Å². The average Bonchev–Trinajstić information content (AvgIpc) is 2.51. The Morgan fingerprint density at radius 3 is 2.55 bits per heavy atom. The molecule has 0 amide bonds. The third kappa shape index (κ3) is 5.15. The van der Waals surface area contributed by atoms with Crippen LogP contribution in [0.4, 0.5) is 0 Å². The van der Waals surface area contributed by atoms with E-state index in [2.05, 4.69) is 19.1 Å². The van der Waals surface area contributed by atoms with Gasteiger partial charge in [0.1, 0.15) is 5.76 Å². The molecule has 1 aliphatic rings. The molecule has 1 atom stereocenters. The lowest BCUT2D eigenvalue weighted by molar-refractivity contribution is 0.252. The molecule has 4 heteroatoms. The second-order valence-electron chi connectivity index (χ2n) is 5.45. The van der Waals surface area contributed by atoms with Crippen LogP contribution in [0.2, 0.25) is 0 Å². The van der Waals surface area contributed by atoms with Crippen LogP contribution in [0.5, 0.6) is 0 Å². The summed E-state index contributed by atoms with van der Waals surface area (Å²) in [5.74, 6) is 2.47. The molecule has 0 saturated carbocycles. The van der Waals surface area contributed by atoms with Crippen LogP contribution in [0.15, 0.2) is 53.6 Å². The molecule has 0 spiro atoms. The van der Waals surface area contributed by atoms with E-state index >= 15 is 0 Å². The van der Waals surface area contributed by atoms with Crippen molar-refractivity contribution in [2.24, 2.45) is 0 Å². The van der Waals surface area contributed by atoms with Gasteiger partial charge in [-0.3, -0.25) is 4.52 Å². The minimum absolute atomic E-state index is 0.390. The van der Waals surface area contributed by atoms with Crippen LogP contribution in [-0.2, 0) is 20.0 Å². The SMILES string of the molecule is CCCCC1=CP(=O)(OCC)OC(CCc2ccccc2)=C1. The van der Waals surface area contributed by atoms with Crippen molar-refractivity contribution in [2.45, 2.75) is 46.0 Å². The van der Waals surface area contributed by atoms with E-state index in [-0.39, 0.29) is 0 Å². The Morgan fingerprint density at radius 1 is 1.09 bits per heavy atom. The number of unbranched alkanes of at least 4 members (excludes halogenated alkanes) is 1. The summed E-state index contributed by atoms with van der Waals surface area (Å²) in [4.78, 5) is 0. The number of aryl methyl sites for hydroxylation is 1. The molecule has 120 valence electrons. The fourth-order valence-corrected chi connectivity index (χ4v) is 4.08. The minimum Gasteiger partial charge on any atom is -0.426 e. The van der Waals surface area contributed by atoms with Crippen molar-refractivity contribution in [1.82, 2.24) is 0 Å². The van der Waals surface area contributed by atoms with Crippen molar-refractivity contribution < 1.29 is 13.6 Å². The topological polar surface area (TPSA) is 35.5 Å². The average molecular weight is 320 g/mol. The highest BCUT2D eigenvalue weighted by Crippen LogP contribution is 2.55. The molecule has 1 aromatic carbocycles. The van der Waals surface area contributed by atoms with Gasteiger partial charge in [-0.15, -0.1) is 0 Å². The van der Waals surface area contributed by atoms with Crippen LogP contribution in [-0.4, -0.2) is 6.61 Å². The highest BCUT2D eigenvalue weighted by Gasteiger charge is 2.27. The zero-order chi connectivity index (χ0) is 15.8. The third-order valence-electron chi connectivity index (χ3n) is 3.55. The molecule has 3 nitrogen and oxygen atoms in total. The molecule has 0 fully saturated rings. The van der Waals surface area contributed by atoms with Crippen molar-refractivity contribution in [3.8, 4) is 0 Å². The molecule has 0 aliphatic carbocycles. The van der Waals surface area contributed by atoms with E-state index in [1.807, 2.05) is 31.2 Å². The Labute approximate surface area is 133 Å². The molecule has 0 bridgehead atoms. The Balaban J connectivity index is 2.06. The summed E-state index contributed by atoms with van der Waals surface area (Å²) in [6, 6.07) is 10.3. The summed E-state index contributed by atoms with van der Waals surface area (Å²) in [5.41, 5.74) is 2.33. The molecule has 22 heavy (non-hydrogen) atoms. The fourth-order valence-electron chi connectivity index (χ4n) is 2.45. The van der Waals surface area contributed by atoms with E-state index in [1.165, 1.54) is 5.56 Å². The van der Waals surface area contributed by atoms with E-state index in [4.69, 9.17) is 9.05 Å². The molecular weight excluding hydrogens is 295 g/mol. The predicted octanol–water partition coefficient (Wildman–Crippen LogP) is 5.84. The van der Waals surface area contributed by atoms with E-state index in [9.17, 15) is 4.57 Å². The molecular formula is C18H25O3P. The lowest BCUT2D eigenvalue weighted by Crippen LogP contribution is -2.02. The van der Waals surface area contributed by atoms with Gasteiger partial charge in [0.15, 0.2) is 0 Å². The molecule has 1 unspecified atom stereocenters. The predicted molar refractivity (Wildman–Crippen MR) is 90.8 cm³/mol. The zero-order valence-corrected chi connectivity index (χ0v) is 14.4. The first kappa shape index (κ1) is 17.1. The number of rotatable bonds is 8. The zero-order valence-electron chi connectivity index (χ0n) is 13.5. The standard InChI is InChI=1S/C18H25O3P/c1-3-5-9-17-14-18(21-22(19,15-17)20-4-2)13-12-16-10-7-6-8-11-16/h6-8,10-11,14-15H,3-5,9,12-13H2,1-2H3. The van der Waals surface area contributed by atoms with Gasteiger partial charge < -0.3 is 4.52 Å². The molecule has 2 rings (SSSR count). The van der Waals surface area contributed by atoms with Crippen molar-refractivity contribution in [2.75, 3.05) is 6.61 Å². The number of hydrogen-bond acceptors (Lipinski definition) is 3. The quantitative estimate of drug-likeness (QED) is 0.565. The molecule has 0 N–H and O–H groups in total. The number of allylic oxidation sites excluding steroid dienone is 3. The first-order chi connectivity index (χ1) is 10.6. The summed E-state index contributed by atoms with van der Waals surface area (Å²) >= 11 is 0. The molecule has 0 radical (unpaired) electrons. The Bertz CT molecular complexity index is 575. The summed E-state index contributed by atoms with van der Waals surface area (Å²) in [7, 11) is -3.12. The lowest BCUT2D eigenvalue weighted by Gasteiger charge is -2.23. The largest absolute Gasteiger partial charge is 0.426 e. The van der Waals surface area contributed by atoms with Gasteiger partial charge in [-0.2, -0.15) is 0 Å².